The van der Waals surface area contributed by atoms with Gasteiger partial charge >= 0.3 is 0 Å². The Bertz CT molecular complexity index is 855. The van der Waals surface area contributed by atoms with E-state index in [1.54, 1.807) is 19.9 Å². The molecule has 174 valence electrons. The van der Waals surface area contributed by atoms with Gasteiger partial charge in [-0.25, -0.2) is 0 Å². The van der Waals surface area contributed by atoms with Crippen molar-refractivity contribution in [3.8, 4) is 0 Å². The first-order valence-electron chi connectivity index (χ1n) is 13.6. The van der Waals surface area contributed by atoms with Gasteiger partial charge in [0.1, 0.15) is 0 Å². The standard InChI is InChI=1S/C28H44O3/c1-18(2)28(6,31)15-13-19(3)24-11-12-25-21(8-7-14-27(24,25)5)9-10-22-16-23(29)17-26(30)20(22)4/h9-10,13,15,18-19,23-26,29-31H,4,7-8,11-12,14,16-17H2,1-3,5-6H3/b15-13+,21-9+,22-10-/t19-,23-,24-,25+,26+,27-,28?/m1/s1/i6D3. The molecule has 3 nitrogen and oxygen atoms in total. The molecular weight excluding hydrogens is 384 g/mol. The van der Waals surface area contributed by atoms with Gasteiger partial charge in [-0.15, -0.1) is 0 Å². The summed E-state index contributed by atoms with van der Waals surface area (Å²) in [5.41, 5.74) is 1.40. The highest BCUT2D eigenvalue weighted by molar-refractivity contribution is 5.38. The van der Waals surface area contributed by atoms with E-state index in [-0.39, 0.29) is 11.3 Å². The van der Waals surface area contributed by atoms with Crippen LogP contribution in [0.4, 0.5) is 0 Å². The zero-order valence-corrected chi connectivity index (χ0v) is 19.8. The maximum atomic E-state index is 10.9. The second kappa shape index (κ2) is 9.37. The van der Waals surface area contributed by atoms with Gasteiger partial charge in [0, 0.05) is 10.5 Å². The van der Waals surface area contributed by atoms with Crippen molar-refractivity contribution < 1.29 is 19.4 Å². The molecule has 3 heteroatoms. The van der Waals surface area contributed by atoms with Crippen molar-refractivity contribution in [3.63, 3.8) is 0 Å². The summed E-state index contributed by atoms with van der Waals surface area (Å²) in [6, 6.07) is 0. The van der Waals surface area contributed by atoms with Crippen LogP contribution in [0.25, 0.3) is 0 Å². The Morgan fingerprint density at radius 1 is 1.23 bits per heavy atom. The lowest BCUT2D eigenvalue weighted by atomic mass is 9.61. The van der Waals surface area contributed by atoms with Crippen LogP contribution in [0.3, 0.4) is 0 Å². The van der Waals surface area contributed by atoms with E-state index in [0.717, 1.165) is 43.3 Å². The summed E-state index contributed by atoms with van der Waals surface area (Å²) >= 11 is 0. The summed E-state index contributed by atoms with van der Waals surface area (Å²) in [5, 5.41) is 31.1. The number of rotatable bonds is 5. The fourth-order valence-corrected chi connectivity index (χ4v) is 6.23. The summed E-state index contributed by atoms with van der Waals surface area (Å²) in [6.45, 7) is 9.61. The zero-order valence-electron chi connectivity index (χ0n) is 22.8. The third-order valence-corrected chi connectivity index (χ3v) is 8.47. The van der Waals surface area contributed by atoms with Crippen molar-refractivity contribution in [2.45, 2.75) is 97.3 Å². The summed E-state index contributed by atoms with van der Waals surface area (Å²) < 4.78 is 23.5. The first-order chi connectivity index (χ1) is 15.7. The molecule has 0 saturated heterocycles. The van der Waals surface area contributed by atoms with Crippen LogP contribution in [0.5, 0.6) is 0 Å². The zero-order chi connectivity index (χ0) is 25.5. The summed E-state index contributed by atoms with van der Waals surface area (Å²) in [6.07, 6.45) is 13.0. The molecule has 3 fully saturated rings. The first kappa shape index (κ1) is 20.4. The monoisotopic (exact) mass is 431 g/mol. The predicted octanol–water partition coefficient (Wildman–Crippen LogP) is 5.73. The van der Waals surface area contributed by atoms with Crippen molar-refractivity contribution >= 4 is 0 Å². The van der Waals surface area contributed by atoms with Crippen LogP contribution in [0, 0.1) is 29.1 Å². The molecule has 3 rings (SSSR count). The number of hydrogen-bond acceptors (Lipinski definition) is 3. The highest BCUT2D eigenvalue weighted by Crippen LogP contribution is 2.59. The minimum Gasteiger partial charge on any atom is -0.393 e. The highest BCUT2D eigenvalue weighted by atomic mass is 16.3. The molecule has 0 aromatic rings. The maximum absolute atomic E-state index is 10.9. The molecule has 1 unspecified atom stereocenters. The Kier molecular flexibility index (Phi) is 6.18. The molecule has 0 bridgehead atoms. The van der Waals surface area contributed by atoms with E-state index >= 15 is 0 Å². The van der Waals surface area contributed by atoms with Crippen LogP contribution in [0.1, 0.15) is 83.6 Å². The normalized spacial score (nSPS) is 41.8. The molecule has 0 spiro atoms. The number of aliphatic hydroxyl groups excluding tert-OH is 2. The van der Waals surface area contributed by atoms with Gasteiger partial charge in [0.15, 0.2) is 0 Å². The van der Waals surface area contributed by atoms with E-state index in [9.17, 15) is 15.3 Å². The second-order valence-corrected chi connectivity index (χ2v) is 10.9. The molecule has 0 heterocycles. The molecule has 3 saturated carbocycles. The fraction of sp³-hybridized carbons (Fsp3) is 0.714. The Hall–Kier alpha value is -1.16. The van der Waals surface area contributed by atoms with Gasteiger partial charge in [-0.05, 0) is 85.6 Å². The van der Waals surface area contributed by atoms with Gasteiger partial charge in [0.25, 0.3) is 0 Å². The first-order valence-corrected chi connectivity index (χ1v) is 12.1. The lowest BCUT2D eigenvalue weighted by molar-refractivity contribution is 0.0607. The summed E-state index contributed by atoms with van der Waals surface area (Å²) in [7, 11) is 0. The van der Waals surface area contributed by atoms with Crippen molar-refractivity contribution in [1.82, 2.24) is 0 Å². The average Bonchev–Trinajstić information content (AvgIpc) is 3.09. The third-order valence-electron chi connectivity index (χ3n) is 8.47. The molecule has 3 N–H and O–H groups in total. The highest BCUT2D eigenvalue weighted by Gasteiger charge is 2.50. The van der Waals surface area contributed by atoms with E-state index in [1.165, 1.54) is 5.57 Å². The van der Waals surface area contributed by atoms with E-state index in [4.69, 9.17) is 4.11 Å². The minimum absolute atomic E-state index is 0.130. The molecule has 0 radical (unpaired) electrons. The van der Waals surface area contributed by atoms with Crippen molar-refractivity contribution in [3.05, 3.63) is 47.6 Å². The Morgan fingerprint density at radius 2 is 1.97 bits per heavy atom. The van der Waals surface area contributed by atoms with Crippen molar-refractivity contribution in [2.75, 3.05) is 0 Å². The fourth-order valence-electron chi connectivity index (χ4n) is 6.23. The second-order valence-electron chi connectivity index (χ2n) is 10.9. The molecule has 3 aliphatic carbocycles. The Labute approximate surface area is 193 Å². The number of fused-ring (bicyclic) bond motifs is 1. The number of hydrogen-bond donors (Lipinski definition) is 3. The molecule has 31 heavy (non-hydrogen) atoms. The van der Waals surface area contributed by atoms with Gasteiger partial charge in [0.05, 0.1) is 17.8 Å². The van der Waals surface area contributed by atoms with Crippen LogP contribution in [-0.4, -0.2) is 33.1 Å². The molecule has 3 aliphatic rings. The summed E-state index contributed by atoms with van der Waals surface area (Å²) in [4.78, 5) is 0. The predicted molar refractivity (Wildman–Crippen MR) is 128 cm³/mol. The Balaban J connectivity index is 1.81. The topological polar surface area (TPSA) is 60.7 Å². The van der Waals surface area contributed by atoms with Gasteiger partial charge in [-0.2, -0.15) is 0 Å². The van der Waals surface area contributed by atoms with E-state index in [0.29, 0.717) is 24.7 Å². The van der Waals surface area contributed by atoms with Crippen LogP contribution < -0.4 is 0 Å². The van der Waals surface area contributed by atoms with Gasteiger partial charge in [-0.1, -0.05) is 64.2 Å². The largest absolute Gasteiger partial charge is 0.393 e. The lowest BCUT2D eigenvalue weighted by Crippen LogP contribution is -2.36. The van der Waals surface area contributed by atoms with Crippen LogP contribution >= 0.6 is 0 Å². The van der Waals surface area contributed by atoms with Gasteiger partial charge < -0.3 is 15.3 Å². The van der Waals surface area contributed by atoms with E-state index in [1.807, 2.05) is 6.08 Å². The molecule has 0 aliphatic heterocycles. The average molecular weight is 432 g/mol. The smallest absolute Gasteiger partial charge is 0.0822 e. The van der Waals surface area contributed by atoms with Crippen LogP contribution in [0.15, 0.2) is 47.6 Å². The minimum atomic E-state index is -2.46. The quantitative estimate of drug-likeness (QED) is 0.487. The van der Waals surface area contributed by atoms with Crippen LogP contribution in [-0.2, 0) is 0 Å². The van der Waals surface area contributed by atoms with Crippen molar-refractivity contribution in [1.29, 1.82) is 0 Å². The number of aliphatic hydroxyl groups is 3. The lowest BCUT2D eigenvalue weighted by Gasteiger charge is -2.44. The van der Waals surface area contributed by atoms with Crippen LogP contribution in [0.2, 0.25) is 0 Å². The maximum Gasteiger partial charge on any atom is 0.0822 e. The Morgan fingerprint density at radius 3 is 2.65 bits per heavy atom. The van der Waals surface area contributed by atoms with Gasteiger partial charge in [-0.3, -0.25) is 0 Å². The molecule has 0 aromatic carbocycles. The molecular formula is C28H44O3. The SMILES string of the molecule is [2H]C([2H])([2H])C(O)(/C=C/[C@@H](C)[C@H]1CC[C@H]2/C(=C/C=C3/C[C@@H](O)C[C@H](O)C3=C)CCC[C@]12C)C(C)C. The van der Waals surface area contributed by atoms with E-state index < -0.39 is 30.6 Å². The van der Waals surface area contributed by atoms with Gasteiger partial charge in [0.2, 0.25) is 0 Å². The molecule has 7 atom stereocenters. The third kappa shape index (κ3) is 5.10. The molecule has 0 amide bonds. The van der Waals surface area contributed by atoms with E-state index in [2.05, 4.69) is 32.6 Å². The molecule has 0 aromatic heterocycles. The summed E-state index contributed by atoms with van der Waals surface area (Å²) in [5.74, 6) is 0.659. The van der Waals surface area contributed by atoms with Crippen molar-refractivity contribution in [2.24, 2.45) is 29.1 Å². The number of allylic oxidation sites excluding steroid dienone is 4.